The monoisotopic (exact) mass is 377 g/mol. The van der Waals surface area contributed by atoms with Crippen molar-refractivity contribution < 1.29 is 4.42 Å². The molecule has 0 radical (unpaired) electrons. The van der Waals surface area contributed by atoms with Crippen LogP contribution in [0.4, 0.5) is 0 Å². The Kier molecular flexibility index (Phi) is 5.29. The number of hydrogen-bond acceptors (Lipinski definition) is 6. The number of nitrogens with zero attached hydrogens (tertiary/aromatic N) is 5. The molecule has 0 fully saturated rings. The molecule has 6 nitrogen and oxygen atoms in total. The predicted molar refractivity (Wildman–Crippen MR) is 104 cm³/mol. The van der Waals surface area contributed by atoms with Crippen molar-refractivity contribution in [2.75, 3.05) is 0 Å². The third-order valence-electron chi connectivity index (χ3n) is 4.06. The van der Waals surface area contributed by atoms with E-state index in [4.69, 9.17) is 4.42 Å². The first kappa shape index (κ1) is 17.5. The Bertz CT molecular complexity index is 998. The quantitative estimate of drug-likeness (QED) is 0.452. The van der Waals surface area contributed by atoms with Crippen LogP contribution >= 0.6 is 11.8 Å². The van der Waals surface area contributed by atoms with Crippen LogP contribution in [-0.4, -0.2) is 25.0 Å². The lowest BCUT2D eigenvalue weighted by Crippen LogP contribution is -2.03. The molecule has 0 atom stereocenters. The molecule has 0 saturated heterocycles. The van der Waals surface area contributed by atoms with E-state index in [1.165, 1.54) is 5.56 Å². The van der Waals surface area contributed by atoms with Gasteiger partial charge in [0.2, 0.25) is 11.8 Å². The molecule has 2 aromatic heterocycles. The van der Waals surface area contributed by atoms with Crippen LogP contribution in [0.5, 0.6) is 0 Å². The van der Waals surface area contributed by atoms with Gasteiger partial charge in [0, 0.05) is 18.5 Å². The SMILES string of the molecule is CCc1nnc(CSc2nnc(Cc3ccccc3)n2-c2ccccc2)o1. The van der Waals surface area contributed by atoms with E-state index >= 15 is 0 Å². The maximum Gasteiger partial charge on any atom is 0.226 e. The molecule has 7 heteroatoms. The van der Waals surface area contributed by atoms with Crippen molar-refractivity contribution in [1.29, 1.82) is 0 Å². The van der Waals surface area contributed by atoms with Gasteiger partial charge in [-0.15, -0.1) is 20.4 Å². The van der Waals surface area contributed by atoms with E-state index in [9.17, 15) is 0 Å². The lowest BCUT2D eigenvalue weighted by atomic mass is 10.1. The molecule has 0 amide bonds. The highest BCUT2D eigenvalue weighted by Crippen LogP contribution is 2.26. The molecule has 0 saturated carbocycles. The Morgan fingerprint density at radius 2 is 1.56 bits per heavy atom. The van der Waals surface area contributed by atoms with Crippen molar-refractivity contribution in [3.05, 3.63) is 83.8 Å². The first-order valence-electron chi connectivity index (χ1n) is 8.81. The minimum absolute atomic E-state index is 0.559. The fourth-order valence-electron chi connectivity index (χ4n) is 2.74. The van der Waals surface area contributed by atoms with Crippen LogP contribution in [0, 0.1) is 0 Å². The molecule has 136 valence electrons. The number of hydrogen-bond donors (Lipinski definition) is 0. The summed E-state index contributed by atoms with van der Waals surface area (Å²) in [5.74, 6) is 2.71. The molecule has 0 N–H and O–H groups in total. The smallest absolute Gasteiger partial charge is 0.226 e. The zero-order valence-corrected chi connectivity index (χ0v) is 15.8. The first-order valence-corrected chi connectivity index (χ1v) is 9.79. The minimum Gasteiger partial charge on any atom is -0.424 e. The van der Waals surface area contributed by atoms with Gasteiger partial charge in [-0.25, -0.2) is 0 Å². The summed E-state index contributed by atoms with van der Waals surface area (Å²) in [5.41, 5.74) is 2.24. The maximum absolute atomic E-state index is 5.60. The molecule has 0 aliphatic carbocycles. The Morgan fingerprint density at radius 3 is 2.26 bits per heavy atom. The summed E-state index contributed by atoms with van der Waals surface area (Å²) in [6.07, 6.45) is 1.45. The van der Waals surface area contributed by atoms with Crippen molar-refractivity contribution in [3.63, 3.8) is 0 Å². The van der Waals surface area contributed by atoms with E-state index < -0.39 is 0 Å². The molecule has 0 aliphatic rings. The van der Waals surface area contributed by atoms with Crippen LogP contribution in [0.15, 0.2) is 70.2 Å². The van der Waals surface area contributed by atoms with Gasteiger partial charge in [0.15, 0.2) is 5.16 Å². The molecule has 2 heterocycles. The summed E-state index contributed by atoms with van der Waals surface area (Å²) >= 11 is 1.54. The van der Waals surface area contributed by atoms with Gasteiger partial charge in [-0.1, -0.05) is 67.2 Å². The zero-order chi connectivity index (χ0) is 18.5. The second kappa shape index (κ2) is 8.18. The molecular weight excluding hydrogens is 358 g/mol. The van der Waals surface area contributed by atoms with Crippen LogP contribution in [0.3, 0.4) is 0 Å². The molecule has 0 aliphatic heterocycles. The normalized spacial score (nSPS) is 11.0. The number of rotatable bonds is 7. The van der Waals surface area contributed by atoms with Gasteiger partial charge in [-0.3, -0.25) is 4.57 Å². The third kappa shape index (κ3) is 4.09. The predicted octanol–water partition coefficient (Wildman–Crippen LogP) is 4.10. The summed E-state index contributed by atoms with van der Waals surface area (Å²) in [7, 11) is 0. The zero-order valence-electron chi connectivity index (χ0n) is 14.9. The largest absolute Gasteiger partial charge is 0.424 e. The van der Waals surface area contributed by atoms with Crippen molar-refractivity contribution in [1.82, 2.24) is 25.0 Å². The van der Waals surface area contributed by atoms with Crippen LogP contribution < -0.4 is 0 Å². The number of para-hydroxylation sites is 1. The number of thioether (sulfide) groups is 1. The van der Waals surface area contributed by atoms with Gasteiger partial charge in [0.1, 0.15) is 5.82 Å². The topological polar surface area (TPSA) is 69.6 Å². The molecule has 4 aromatic rings. The van der Waals surface area contributed by atoms with Crippen molar-refractivity contribution in [2.45, 2.75) is 30.7 Å². The van der Waals surface area contributed by atoms with Gasteiger partial charge in [-0.05, 0) is 17.7 Å². The Balaban J connectivity index is 1.62. The molecule has 2 aromatic carbocycles. The first-order chi connectivity index (χ1) is 13.3. The Morgan fingerprint density at radius 1 is 0.852 bits per heavy atom. The fourth-order valence-corrected chi connectivity index (χ4v) is 3.55. The summed E-state index contributed by atoms with van der Waals surface area (Å²) in [6, 6.07) is 20.4. The fraction of sp³-hybridized carbons (Fsp3) is 0.200. The second-order valence-electron chi connectivity index (χ2n) is 5.96. The lowest BCUT2D eigenvalue weighted by Gasteiger charge is -2.09. The van der Waals surface area contributed by atoms with Gasteiger partial charge in [-0.2, -0.15) is 0 Å². The average molecular weight is 377 g/mol. The molecule has 27 heavy (non-hydrogen) atoms. The number of aryl methyl sites for hydroxylation is 1. The van der Waals surface area contributed by atoms with Crippen LogP contribution in [0.25, 0.3) is 5.69 Å². The molecule has 0 unspecified atom stereocenters. The lowest BCUT2D eigenvalue weighted by molar-refractivity contribution is 0.470. The highest BCUT2D eigenvalue weighted by Gasteiger charge is 2.16. The molecular formula is C20H19N5OS. The highest BCUT2D eigenvalue weighted by atomic mass is 32.2. The Labute approximate surface area is 161 Å². The van der Waals surface area contributed by atoms with Crippen molar-refractivity contribution >= 4 is 11.8 Å². The maximum atomic E-state index is 5.60. The van der Waals surface area contributed by atoms with Crippen LogP contribution in [0.2, 0.25) is 0 Å². The van der Waals surface area contributed by atoms with Crippen LogP contribution in [-0.2, 0) is 18.6 Å². The van der Waals surface area contributed by atoms with Crippen LogP contribution in [0.1, 0.15) is 30.1 Å². The van der Waals surface area contributed by atoms with Crippen molar-refractivity contribution in [3.8, 4) is 5.69 Å². The van der Waals surface area contributed by atoms with E-state index in [-0.39, 0.29) is 0 Å². The molecule has 0 spiro atoms. The third-order valence-corrected chi connectivity index (χ3v) is 4.97. The van der Waals surface area contributed by atoms with Gasteiger partial charge in [0.25, 0.3) is 0 Å². The van der Waals surface area contributed by atoms with Crippen molar-refractivity contribution in [2.24, 2.45) is 0 Å². The summed E-state index contributed by atoms with van der Waals surface area (Å²) < 4.78 is 7.69. The van der Waals surface area contributed by atoms with E-state index in [1.807, 2.05) is 43.3 Å². The molecule has 4 rings (SSSR count). The molecule has 0 bridgehead atoms. The summed E-state index contributed by atoms with van der Waals surface area (Å²) in [6.45, 7) is 1.99. The van der Waals surface area contributed by atoms with E-state index in [2.05, 4.69) is 49.2 Å². The van der Waals surface area contributed by atoms with Gasteiger partial charge in [0.05, 0.1) is 5.75 Å². The number of benzene rings is 2. The highest BCUT2D eigenvalue weighted by molar-refractivity contribution is 7.98. The standard InChI is InChI=1S/C20H19N5OS/c1-2-18-22-23-19(26-18)14-27-20-24-21-17(13-15-9-5-3-6-10-15)25(20)16-11-7-4-8-12-16/h3-12H,2,13-14H2,1H3. The van der Waals surface area contributed by atoms with E-state index in [1.54, 1.807) is 11.8 Å². The summed E-state index contributed by atoms with van der Waals surface area (Å²) in [5, 5.41) is 17.8. The second-order valence-corrected chi connectivity index (χ2v) is 6.91. The van der Waals surface area contributed by atoms with E-state index in [0.717, 1.165) is 23.1 Å². The summed E-state index contributed by atoms with van der Waals surface area (Å²) in [4.78, 5) is 0. The Hall–Kier alpha value is -2.93. The van der Waals surface area contributed by atoms with Gasteiger partial charge >= 0.3 is 0 Å². The average Bonchev–Trinajstić information content (AvgIpc) is 3.34. The minimum atomic E-state index is 0.559. The number of aromatic nitrogens is 5. The van der Waals surface area contributed by atoms with E-state index in [0.29, 0.717) is 24.0 Å². The van der Waals surface area contributed by atoms with Gasteiger partial charge < -0.3 is 4.42 Å².